The third-order valence-electron chi connectivity index (χ3n) is 9.14. The predicted octanol–water partition coefficient (Wildman–Crippen LogP) is 4.72. The zero-order valence-corrected chi connectivity index (χ0v) is 17.8. The average molecular weight is 409 g/mol. The van der Waals surface area contributed by atoms with Crippen LogP contribution < -0.4 is 0 Å². The van der Waals surface area contributed by atoms with E-state index in [1.165, 1.54) is 5.57 Å². The van der Waals surface area contributed by atoms with E-state index in [1.807, 2.05) is 36.4 Å². The summed E-state index contributed by atoms with van der Waals surface area (Å²) in [7, 11) is 0. The first-order valence-electron chi connectivity index (χ1n) is 11.6. The van der Waals surface area contributed by atoms with E-state index < -0.39 is 0 Å². The van der Waals surface area contributed by atoms with Crippen molar-refractivity contribution in [1.29, 1.82) is 0 Å². The largest absolute Gasteiger partial charge is 0.458 e. The Morgan fingerprint density at radius 2 is 1.87 bits per heavy atom. The molecule has 6 unspecified atom stereocenters. The van der Waals surface area contributed by atoms with Crippen molar-refractivity contribution in [2.45, 2.75) is 64.4 Å². The highest BCUT2D eigenvalue weighted by Gasteiger charge is 2.61. The van der Waals surface area contributed by atoms with E-state index in [9.17, 15) is 14.7 Å². The lowest BCUT2D eigenvalue weighted by Crippen LogP contribution is -2.53. The Kier molecular flexibility index (Phi) is 4.89. The molecule has 1 aromatic carbocycles. The summed E-state index contributed by atoms with van der Waals surface area (Å²) in [6.07, 6.45) is 9.27. The molecule has 1 N–H and O–H groups in total. The van der Waals surface area contributed by atoms with Crippen molar-refractivity contribution in [3.05, 3.63) is 47.5 Å². The Labute approximate surface area is 178 Å². The number of rotatable bonds is 3. The van der Waals surface area contributed by atoms with E-state index >= 15 is 0 Å². The fraction of sp³-hybridized carbons (Fsp3) is 0.615. The van der Waals surface area contributed by atoms with E-state index in [-0.39, 0.29) is 35.3 Å². The standard InChI is InChI=1S/C26H32O4/c1-25-13-12-22-20(8-7-18-15-19(28)11-14-26(18,22)16-27)21(25)9-10-23(25)30-24(29)17-5-3-2-4-6-17/h2-6,15,20-23,27H,7-14,16H2,1H3. The maximum absolute atomic E-state index is 12.7. The van der Waals surface area contributed by atoms with Crippen LogP contribution >= 0.6 is 0 Å². The van der Waals surface area contributed by atoms with Gasteiger partial charge in [-0.1, -0.05) is 30.7 Å². The normalized spacial score (nSPS) is 40.1. The van der Waals surface area contributed by atoms with Crippen molar-refractivity contribution < 1.29 is 19.4 Å². The van der Waals surface area contributed by atoms with Crippen LogP contribution in [-0.4, -0.2) is 29.6 Å². The smallest absolute Gasteiger partial charge is 0.338 e. The fourth-order valence-electron chi connectivity index (χ4n) is 7.57. The maximum Gasteiger partial charge on any atom is 0.338 e. The van der Waals surface area contributed by atoms with Gasteiger partial charge in [-0.2, -0.15) is 0 Å². The highest BCUT2D eigenvalue weighted by Crippen LogP contribution is 2.65. The number of aliphatic hydroxyl groups is 1. The Morgan fingerprint density at radius 3 is 2.63 bits per heavy atom. The van der Waals surface area contributed by atoms with Gasteiger partial charge in [0, 0.05) is 17.3 Å². The van der Waals surface area contributed by atoms with Crippen molar-refractivity contribution in [2.24, 2.45) is 28.6 Å². The first kappa shape index (κ1) is 20.0. The van der Waals surface area contributed by atoms with Crippen LogP contribution in [0.2, 0.25) is 0 Å². The minimum Gasteiger partial charge on any atom is -0.458 e. The van der Waals surface area contributed by atoms with E-state index in [0.717, 1.165) is 44.9 Å². The van der Waals surface area contributed by atoms with Gasteiger partial charge in [0.1, 0.15) is 6.10 Å². The number of ketones is 1. The summed E-state index contributed by atoms with van der Waals surface area (Å²) in [4.78, 5) is 24.7. The molecule has 0 aliphatic heterocycles. The molecule has 160 valence electrons. The number of esters is 1. The SMILES string of the molecule is CC12CCC3C(CCC4=CC(=O)CCC43CO)C1CCC2OC(=O)c1ccccc1. The first-order valence-corrected chi connectivity index (χ1v) is 11.6. The highest BCUT2D eigenvalue weighted by molar-refractivity contribution is 5.91. The van der Waals surface area contributed by atoms with Gasteiger partial charge in [0.2, 0.25) is 0 Å². The molecule has 4 aliphatic rings. The molecule has 4 nitrogen and oxygen atoms in total. The van der Waals surface area contributed by atoms with Gasteiger partial charge in [-0.25, -0.2) is 4.79 Å². The summed E-state index contributed by atoms with van der Waals surface area (Å²) in [5.74, 6) is 1.52. The first-order chi connectivity index (χ1) is 14.5. The molecule has 30 heavy (non-hydrogen) atoms. The van der Waals surface area contributed by atoms with Gasteiger partial charge < -0.3 is 9.84 Å². The van der Waals surface area contributed by atoms with Crippen LogP contribution in [0.1, 0.15) is 68.6 Å². The van der Waals surface area contributed by atoms with Crippen LogP contribution in [0.15, 0.2) is 42.0 Å². The van der Waals surface area contributed by atoms with Gasteiger partial charge in [0.05, 0.1) is 12.2 Å². The lowest BCUT2D eigenvalue weighted by Gasteiger charge is -2.58. The molecule has 0 saturated heterocycles. The molecule has 4 heteroatoms. The van der Waals surface area contributed by atoms with Gasteiger partial charge in [0.15, 0.2) is 5.78 Å². The molecule has 4 aliphatic carbocycles. The number of ether oxygens (including phenoxy) is 1. The minimum absolute atomic E-state index is 0.00789. The van der Waals surface area contributed by atoms with Crippen molar-refractivity contribution in [2.75, 3.05) is 6.61 Å². The molecule has 6 atom stereocenters. The van der Waals surface area contributed by atoms with Crippen molar-refractivity contribution in [3.8, 4) is 0 Å². The van der Waals surface area contributed by atoms with E-state index in [0.29, 0.717) is 29.7 Å². The quantitative estimate of drug-likeness (QED) is 0.736. The summed E-state index contributed by atoms with van der Waals surface area (Å²) in [6, 6.07) is 9.29. The van der Waals surface area contributed by atoms with Crippen LogP contribution in [0.3, 0.4) is 0 Å². The van der Waals surface area contributed by atoms with Gasteiger partial charge in [-0.15, -0.1) is 0 Å². The number of carbonyl (C=O) groups excluding carboxylic acids is 2. The molecule has 5 rings (SSSR count). The van der Waals surface area contributed by atoms with Gasteiger partial charge in [-0.05, 0) is 80.9 Å². The van der Waals surface area contributed by atoms with Crippen LogP contribution in [0, 0.1) is 28.6 Å². The summed E-state index contributed by atoms with van der Waals surface area (Å²) in [5, 5.41) is 10.5. The third-order valence-corrected chi connectivity index (χ3v) is 9.14. The van der Waals surface area contributed by atoms with Crippen molar-refractivity contribution >= 4 is 11.8 Å². The van der Waals surface area contributed by atoms with E-state index in [2.05, 4.69) is 6.92 Å². The number of aliphatic hydroxyl groups excluding tert-OH is 1. The highest BCUT2D eigenvalue weighted by atomic mass is 16.5. The molecule has 0 radical (unpaired) electrons. The molecule has 0 bridgehead atoms. The van der Waals surface area contributed by atoms with E-state index in [1.54, 1.807) is 0 Å². The molecule has 0 amide bonds. The molecule has 0 aromatic heterocycles. The van der Waals surface area contributed by atoms with Crippen LogP contribution in [0.25, 0.3) is 0 Å². The topological polar surface area (TPSA) is 63.6 Å². The predicted molar refractivity (Wildman–Crippen MR) is 114 cm³/mol. The van der Waals surface area contributed by atoms with Crippen LogP contribution in [0.4, 0.5) is 0 Å². The third kappa shape index (κ3) is 2.90. The second-order valence-electron chi connectivity index (χ2n) is 10.2. The molecule has 0 heterocycles. The van der Waals surface area contributed by atoms with Gasteiger partial charge >= 0.3 is 5.97 Å². The molecule has 0 spiro atoms. The second-order valence-corrected chi connectivity index (χ2v) is 10.2. The van der Waals surface area contributed by atoms with Crippen molar-refractivity contribution in [3.63, 3.8) is 0 Å². The van der Waals surface area contributed by atoms with Crippen molar-refractivity contribution in [1.82, 2.24) is 0 Å². The number of hydrogen-bond donors (Lipinski definition) is 1. The van der Waals surface area contributed by atoms with E-state index in [4.69, 9.17) is 4.74 Å². The van der Waals surface area contributed by atoms with Crippen LogP contribution in [-0.2, 0) is 9.53 Å². The molecule has 3 saturated carbocycles. The molecule has 1 aromatic rings. The van der Waals surface area contributed by atoms with Gasteiger partial charge in [-0.3, -0.25) is 4.79 Å². The Hall–Kier alpha value is -1.94. The average Bonchev–Trinajstić information content (AvgIpc) is 3.10. The monoisotopic (exact) mass is 408 g/mol. The number of hydrogen-bond acceptors (Lipinski definition) is 4. The molecule has 3 fully saturated rings. The number of carbonyl (C=O) groups is 2. The summed E-state index contributed by atoms with van der Waals surface area (Å²) in [5.41, 5.74) is 1.64. The molecular formula is C26H32O4. The Morgan fingerprint density at radius 1 is 1.07 bits per heavy atom. The lowest BCUT2D eigenvalue weighted by molar-refractivity contribution is -0.120. The number of fused-ring (bicyclic) bond motifs is 5. The summed E-state index contributed by atoms with van der Waals surface area (Å²) < 4.78 is 6.08. The second kappa shape index (κ2) is 7.33. The van der Waals surface area contributed by atoms with Gasteiger partial charge in [0.25, 0.3) is 0 Å². The summed E-state index contributed by atoms with van der Waals surface area (Å²) >= 11 is 0. The minimum atomic E-state index is -0.212. The zero-order chi connectivity index (χ0) is 20.9. The Balaban J connectivity index is 1.38. The zero-order valence-electron chi connectivity index (χ0n) is 17.8. The fourth-order valence-corrected chi connectivity index (χ4v) is 7.57. The van der Waals surface area contributed by atoms with Crippen LogP contribution in [0.5, 0.6) is 0 Å². The summed E-state index contributed by atoms with van der Waals surface area (Å²) in [6.45, 7) is 2.48. The Bertz CT molecular complexity index is 874. The lowest BCUT2D eigenvalue weighted by atomic mass is 9.47. The molecular weight excluding hydrogens is 376 g/mol. The maximum atomic E-state index is 12.7. The number of benzene rings is 1.